The number of carbonyl (C=O) groups excluding carboxylic acids is 1. The lowest BCUT2D eigenvalue weighted by molar-refractivity contribution is -0.105. The van der Waals surface area contributed by atoms with Gasteiger partial charge in [-0.05, 0) is 12.1 Å². The molecular formula is C8H10N4O. The van der Waals surface area contributed by atoms with Crippen LogP contribution in [0.2, 0.25) is 0 Å². The zero-order valence-electron chi connectivity index (χ0n) is 6.87. The number of hydrogen-bond acceptors (Lipinski definition) is 2. The summed E-state index contributed by atoms with van der Waals surface area (Å²) < 4.78 is 0. The molecule has 0 aliphatic heterocycles. The predicted molar refractivity (Wildman–Crippen MR) is 51.7 cm³/mol. The van der Waals surface area contributed by atoms with Gasteiger partial charge in [0.2, 0.25) is 6.41 Å². The fourth-order valence-electron chi connectivity index (χ4n) is 0.927. The molecule has 68 valence electrons. The minimum atomic E-state index is -0.167. The molecule has 0 bridgehead atoms. The molecule has 0 aromatic heterocycles. The van der Waals surface area contributed by atoms with Crippen LogP contribution < -0.4 is 16.4 Å². The number of nitrogens with two attached hydrogens (primary N) is 1. The first-order valence-electron chi connectivity index (χ1n) is 3.64. The average Bonchev–Trinajstić information content (AvgIpc) is 2.08. The summed E-state index contributed by atoms with van der Waals surface area (Å²) in [5, 5.41) is 12.1. The van der Waals surface area contributed by atoms with Crippen molar-refractivity contribution < 1.29 is 4.79 Å². The van der Waals surface area contributed by atoms with Crippen molar-refractivity contribution in [3.05, 3.63) is 24.3 Å². The summed E-state index contributed by atoms with van der Waals surface area (Å²) in [7, 11) is 0. The Morgan fingerprint density at radius 2 is 2.00 bits per heavy atom. The van der Waals surface area contributed by atoms with E-state index in [1.165, 1.54) is 0 Å². The topological polar surface area (TPSA) is 91.0 Å². The van der Waals surface area contributed by atoms with Crippen molar-refractivity contribution >= 4 is 23.7 Å². The molecule has 0 radical (unpaired) electrons. The van der Waals surface area contributed by atoms with Gasteiger partial charge in [0.05, 0.1) is 11.4 Å². The standard InChI is InChI=1S/C8H10N4O/c9-8(10)12-7-4-2-1-3-6(7)11-5-13/h1-5H,(H,11,13)(H4,9,10,12). The molecule has 0 aliphatic carbocycles. The Hall–Kier alpha value is -2.04. The minimum Gasteiger partial charge on any atom is -0.370 e. The van der Waals surface area contributed by atoms with Crippen LogP contribution in [0.5, 0.6) is 0 Å². The van der Waals surface area contributed by atoms with Crippen LogP contribution in [0, 0.1) is 5.41 Å². The third-order valence-corrected chi connectivity index (χ3v) is 1.41. The number of guanidine groups is 1. The lowest BCUT2D eigenvalue weighted by Gasteiger charge is -2.08. The second-order valence-corrected chi connectivity index (χ2v) is 2.35. The lowest BCUT2D eigenvalue weighted by atomic mass is 10.2. The quantitative estimate of drug-likeness (QED) is 0.309. The lowest BCUT2D eigenvalue weighted by Crippen LogP contribution is -2.21. The molecule has 1 aromatic rings. The molecule has 1 aromatic carbocycles. The van der Waals surface area contributed by atoms with Crippen molar-refractivity contribution in [2.24, 2.45) is 5.73 Å². The number of anilines is 2. The highest BCUT2D eigenvalue weighted by atomic mass is 16.1. The molecule has 0 atom stereocenters. The van der Waals surface area contributed by atoms with E-state index in [0.717, 1.165) is 0 Å². The molecule has 1 rings (SSSR count). The van der Waals surface area contributed by atoms with E-state index in [1.54, 1.807) is 24.3 Å². The minimum absolute atomic E-state index is 0.167. The third-order valence-electron chi connectivity index (χ3n) is 1.41. The molecule has 1 amide bonds. The number of carbonyl (C=O) groups is 1. The van der Waals surface area contributed by atoms with E-state index in [2.05, 4.69) is 10.6 Å². The van der Waals surface area contributed by atoms with Crippen molar-refractivity contribution in [1.82, 2.24) is 0 Å². The summed E-state index contributed by atoms with van der Waals surface area (Å²) in [5.74, 6) is -0.167. The summed E-state index contributed by atoms with van der Waals surface area (Å²) in [4.78, 5) is 10.2. The fraction of sp³-hybridized carbons (Fsp3) is 0. The van der Waals surface area contributed by atoms with Gasteiger partial charge in [0.15, 0.2) is 5.96 Å². The number of rotatable bonds is 3. The highest BCUT2D eigenvalue weighted by molar-refractivity contribution is 5.95. The molecule has 0 saturated heterocycles. The number of para-hydroxylation sites is 2. The van der Waals surface area contributed by atoms with E-state index < -0.39 is 0 Å². The normalized spacial score (nSPS) is 8.92. The van der Waals surface area contributed by atoms with Crippen LogP contribution >= 0.6 is 0 Å². The Labute approximate surface area is 75.4 Å². The number of hydrogen-bond donors (Lipinski definition) is 4. The van der Waals surface area contributed by atoms with Crippen molar-refractivity contribution in [3.63, 3.8) is 0 Å². The molecule has 0 fully saturated rings. The first-order valence-corrected chi connectivity index (χ1v) is 3.64. The monoisotopic (exact) mass is 178 g/mol. The van der Waals surface area contributed by atoms with Crippen LogP contribution in [0.3, 0.4) is 0 Å². The fourth-order valence-corrected chi connectivity index (χ4v) is 0.927. The smallest absolute Gasteiger partial charge is 0.211 e. The van der Waals surface area contributed by atoms with Gasteiger partial charge in [-0.3, -0.25) is 10.2 Å². The number of nitrogens with one attached hydrogen (secondary N) is 3. The van der Waals surface area contributed by atoms with Gasteiger partial charge in [0.1, 0.15) is 0 Å². The van der Waals surface area contributed by atoms with Gasteiger partial charge in [0.25, 0.3) is 0 Å². The summed E-state index contributed by atoms with van der Waals surface area (Å²) in [6, 6.07) is 6.98. The summed E-state index contributed by atoms with van der Waals surface area (Å²) >= 11 is 0. The van der Waals surface area contributed by atoms with Crippen LogP contribution in [0.4, 0.5) is 11.4 Å². The van der Waals surface area contributed by atoms with Crippen molar-refractivity contribution in [2.45, 2.75) is 0 Å². The maximum absolute atomic E-state index is 10.2. The van der Waals surface area contributed by atoms with Gasteiger partial charge in [-0.1, -0.05) is 12.1 Å². The molecule has 0 saturated carbocycles. The Kier molecular flexibility index (Phi) is 2.86. The van der Waals surface area contributed by atoms with Crippen LogP contribution in [0.1, 0.15) is 0 Å². The second-order valence-electron chi connectivity index (χ2n) is 2.35. The zero-order valence-corrected chi connectivity index (χ0v) is 6.87. The van der Waals surface area contributed by atoms with E-state index in [0.29, 0.717) is 17.8 Å². The molecule has 5 N–H and O–H groups in total. The van der Waals surface area contributed by atoms with Crippen LogP contribution in [-0.4, -0.2) is 12.4 Å². The molecule has 0 aliphatic rings. The molecule has 0 heterocycles. The van der Waals surface area contributed by atoms with Crippen LogP contribution in [-0.2, 0) is 4.79 Å². The average molecular weight is 178 g/mol. The maximum atomic E-state index is 10.2. The third kappa shape index (κ3) is 2.48. The van der Waals surface area contributed by atoms with E-state index in [1.807, 2.05) is 0 Å². The van der Waals surface area contributed by atoms with Gasteiger partial charge in [-0.2, -0.15) is 0 Å². The van der Waals surface area contributed by atoms with Crippen molar-refractivity contribution in [3.8, 4) is 0 Å². The first-order chi connectivity index (χ1) is 6.24. The number of amides is 1. The van der Waals surface area contributed by atoms with Crippen molar-refractivity contribution in [2.75, 3.05) is 10.6 Å². The Morgan fingerprint density at radius 3 is 2.54 bits per heavy atom. The SMILES string of the molecule is N=C(N)Nc1ccccc1NC=O. The summed E-state index contributed by atoms with van der Waals surface area (Å²) in [6.45, 7) is 0. The van der Waals surface area contributed by atoms with Crippen molar-refractivity contribution in [1.29, 1.82) is 5.41 Å². The van der Waals surface area contributed by atoms with Gasteiger partial charge in [-0.25, -0.2) is 0 Å². The molecular weight excluding hydrogens is 168 g/mol. The van der Waals surface area contributed by atoms with Crippen LogP contribution in [0.25, 0.3) is 0 Å². The van der Waals surface area contributed by atoms with E-state index in [4.69, 9.17) is 11.1 Å². The van der Waals surface area contributed by atoms with Crippen LogP contribution in [0.15, 0.2) is 24.3 Å². The molecule has 0 unspecified atom stereocenters. The highest BCUT2D eigenvalue weighted by Crippen LogP contribution is 2.19. The van der Waals surface area contributed by atoms with Gasteiger partial charge < -0.3 is 16.4 Å². The largest absolute Gasteiger partial charge is 0.370 e. The Balaban J connectivity index is 2.90. The van der Waals surface area contributed by atoms with Gasteiger partial charge >= 0.3 is 0 Å². The summed E-state index contributed by atoms with van der Waals surface area (Å²) in [6.07, 6.45) is 0.570. The van der Waals surface area contributed by atoms with Gasteiger partial charge in [0, 0.05) is 0 Å². The van der Waals surface area contributed by atoms with E-state index in [9.17, 15) is 4.79 Å². The molecule has 5 nitrogen and oxygen atoms in total. The first kappa shape index (κ1) is 9.05. The maximum Gasteiger partial charge on any atom is 0.211 e. The molecule has 13 heavy (non-hydrogen) atoms. The van der Waals surface area contributed by atoms with E-state index in [-0.39, 0.29) is 5.96 Å². The molecule has 0 spiro atoms. The van der Waals surface area contributed by atoms with Gasteiger partial charge in [-0.15, -0.1) is 0 Å². The Morgan fingerprint density at radius 1 is 1.38 bits per heavy atom. The summed E-state index contributed by atoms with van der Waals surface area (Å²) in [5.41, 5.74) is 6.34. The zero-order chi connectivity index (χ0) is 9.68. The number of benzene rings is 1. The highest BCUT2D eigenvalue weighted by Gasteiger charge is 1.99. The Bertz CT molecular complexity index is 324. The van der Waals surface area contributed by atoms with E-state index >= 15 is 0 Å². The molecule has 5 heteroatoms. The second kappa shape index (κ2) is 4.10. The predicted octanol–water partition coefficient (Wildman–Crippen LogP) is 0.560.